The third kappa shape index (κ3) is 6.73. The molecule has 0 atom stereocenters. The fraction of sp³-hybridized carbons (Fsp3) is 0.357. The first-order valence-corrected chi connectivity index (χ1v) is 12.2. The highest BCUT2D eigenvalue weighted by molar-refractivity contribution is 6.31. The van der Waals surface area contributed by atoms with Crippen LogP contribution in [0.25, 0.3) is 0 Å². The van der Waals surface area contributed by atoms with Crippen LogP contribution >= 0.6 is 11.6 Å². The number of benzene rings is 2. The lowest BCUT2D eigenvalue weighted by atomic mass is 10.1. The van der Waals surface area contributed by atoms with Gasteiger partial charge in [0.15, 0.2) is 0 Å². The van der Waals surface area contributed by atoms with Crippen LogP contribution in [0.4, 0.5) is 0 Å². The summed E-state index contributed by atoms with van der Waals surface area (Å²) in [5.74, 6) is 0.128. The third-order valence-corrected chi connectivity index (χ3v) is 6.18. The Balaban J connectivity index is 1.75. The van der Waals surface area contributed by atoms with E-state index in [9.17, 15) is 9.59 Å². The monoisotopic (exact) mass is 479 g/mol. The molecule has 3 aromatic rings. The minimum Gasteiger partial charge on any atom is -0.345 e. The smallest absolute Gasteiger partial charge is 0.254 e. The zero-order valence-corrected chi connectivity index (χ0v) is 21.3. The average molecular weight is 480 g/mol. The first-order chi connectivity index (χ1) is 16.3. The van der Waals surface area contributed by atoms with Crippen molar-refractivity contribution >= 4 is 23.4 Å². The fourth-order valence-corrected chi connectivity index (χ4v) is 4.11. The Kier molecular flexibility index (Phi) is 8.94. The molecule has 5 nitrogen and oxygen atoms in total. The number of aryl methyl sites for hydroxylation is 1. The molecule has 34 heavy (non-hydrogen) atoms. The molecular weight excluding hydrogens is 446 g/mol. The summed E-state index contributed by atoms with van der Waals surface area (Å²) in [6.07, 6.45) is 2.01. The fourth-order valence-electron chi connectivity index (χ4n) is 3.92. The van der Waals surface area contributed by atoms with Gasteiger partial charge in [0.05, 0.1) is 6.54 Å². The van der Waals surface area contributed by atoms with Gasteiger partial charge in [0, 0.05) is 42.1 Å². The van der Waals surface area contributed by atoms with Gasteiger partial charge in [-0.15, -0.1) is 0 Å². The Morgan fingerprint density at radius 2 is 1.68 bits per heavy atom. The zero-order valence-electron chi connectivity index (χ0n) is 20.5. The maximum atomic E-state index is 13.4. The maximum Gasteiger partial charge on any atom is 0.254 e. The number of carbonyl (C=O) groups is 2. The van der Waals surface area contributed by atoms with Crippen molar-refractivity contribution in [3.05, 3.63) is 94.3 Å². The third-order valence-electron chi connectivity index (χ3n) is 5.81. The van der Waals surface area contributed by atoms with Gasteiger partial charge in [-0.05, 0) is 55.7 Å². The van der Waals surface area contributed by atoms with E-state index in [0.29, 0.717) is 37.7 Å². The summed E-state index contributed by atoms with van der Waals surface area (Å²) in [4.78, 5) is 29.9. The molecule has 0 radical (unpaired) electrons. The van der Waals surface area contributed by atoms with Gasteiger partial charge in [0.1, 0.15) is 6.54 Å². The highest BCUT2D eigenvalue weighted by Crippen LogP contribution is 2.19. The molecule has 0 aliphatic carbocycles. The lowest BCUT2D eigenvalue weighted by Gasteiger charge is -2.29. The van der Waals surface area contributed by atoms with Gasteiger partial charge in [-0.1, -0.05) is 61.3 Å². The molecule has 180 valence electrons. The van der Waals surface area contributed by atoms with Crippen LogP contribution in [0.1, 0.15) is 48.0 Å². The van der Waals surface area contributed by atoms with Crippen molar-refractivity contribution in [3.8, 4) is 0 Å². The minimum atomic E-state index is -0.123. The summed E-state index contributed by atoms with van der Waals surface area (Å²) < 4.78 is 2.12. The SMILES string of the molecule is CCN(CC(=O)N(Cc1cccn1Cc1ccccc1Cl)CC(C)C)C(=O)c1ccc(C)cc1. The molecule has 0 N–H and O–H groups in total. The van der Waals surface area contributed by atoms with E-state index in [0.717, 1.165) is 21.8 Å². The molecule has 0 fully saturated rings. The van der Waals surface area contributed by atoms with E-state index in [-0.39, 0.29) is 18.4 Å². The van der Waals surface area contributed by atoms with Crippen LogP contribution in [-0.4, -0.2) is 45.8 Å². The second-order valence-corrected chi connectivity index (χ2v) is 9.48. The molecular formula is C28H34ClN3O2. The minimum absolute atomic E-state index is 0.0542. The van der Waals surface area contributed by atoms with Gasteiger partial charge in [0.2, 0.25) is 5.91 Å². The predicted octanol–water partition coefficient (Wildman–Crippen LogP) is 5.65. The molecule has 0 spiro atoms. The molecule has 0 aliphatic rings. The topological polar surface area (TPSA) is 45.6 Å². The lowest BCUT2D eigenvalue weighted by Crippen LogP contribution is -2.44. The summed E-state index contributed by atoms with van der Waals surface area (Å²) in [5.41, 5.74) is 3.76. The maximum absolute atomic E-state index is 13.4. The Bertz CT molecular complexity index is 1100. The standard InChI is InChI=1S/C28H34ClN3O2/c1-5-30(28(34)23-14-12-22(4)13-15-23)20-27(33)32(17-21(2)3)19-25-10-8-16-31(25)18-24-9-6-7-11-26(24)29/h6-16,21H,5,17-20H2,1-4H3. The highest BCUT2D eigenvalue weighted by atomic mass is 35.5. The summed E-state index contributed by atoms with van der Waals surface area (Å²) in [7, 11) is 0. The van der Waals surface area contributed by atoms with E-state index in [1.165, 1.54) is 0 Å². The summed E-state index contributed by atoms with van der Waals surface area (Å²) >= 11 is 6.37. The molecule has 0 saturated heterocycles. The molecule has 2 aromatic carbocycles. The normalized spacial score (nSPS) is 11.0. The number of nitrogens with zero attached hydrogens (tertiary/aromatic N) is 3. The summed E-state index contributed by atoms with van der Waals surface area (Å²) in [5, 5.41) is 0.727. The van der Waals surface area contributed by atoms with Gasteiger partial charge >= 0.3 is 0 Å². The molecule has 6 heteroatoms. The number of halogens is 1. The van der Waals surface area contributed by atoms with Crippen LogP contribution < -0.4 is 0 Å². The number of hydrogen-bond donors (Lipinski definition) is 0. The van der Waals surface area contributed by atoms with Crippen molar-refractivity contribution < 1.29 is 9.59 Å². The van der Waals surface area contributed by atoms with Crippen molar-refractivity contribution in [3.63, 3.8) is 0 Å². The van der Waals surface area contributed by atoms with Crippen molar-refractivity contribution in [2.75, 3.05) is 19.6 Å². The van der Waals surface area contributed by atoms with Crippen LogP contribution in [-0.2, 0) is 17.9 Å². The molecule has 1 heterocycles. The number of hydrogen-bond acceptors (Lipinski definition) is 2. The molecule has 0 aliphatic heterocycles. The molecule has 3 rings (SSSR count). The molecule has 0 saturated carbocycles. The van der Waals surface area contributed by atoms with Gasteiger partial charge in [-0.3, -0.25) is 9.59 Å². The van der Waals surface area contributed by atoms with E-state index in [1.54, 1.807) is 4.90 Å². The van der Waals surface area contributed by atoms with Crippen molar-refractivity contribution in [1.29, 1.82) is 0 Å². The molecule has 0 bridgehead atoms. The van der Waals surface area contributed by atoms with Crippen molar-refractivity contribution in [2.45, 2.75) is 40.8 Å². The molecule has 2 amide bonds. The number of rotatable bonds is 10. The van der Waals surface area contributed by atoms with Gasteiger partial charge in [-0.25, -0.2) is 0 Å². The van der Waals surface area contributed by atoms with E-state index in [4.69, 9.17) is 11.6 Å². The van der Waals surface area contributed by atoms with Crippen molar-refractivity contribution in [2.24, 2.45) is 5.92 Å². The number of likely N-dealkylation sites (N-methyl/N-ethyl adjacent to an activating group) is 1. The van der Waals surface area contributed by atoms with Crippen LogP contribution in [0.2, 0.25) is 5.02 Å². The number of aromatic nitrogens is 1. The first-order valence-electron chi connectivity index (χ1n) is 11.8. The molecule has 0 unspecified atom stereocenters. The zero-order chi connectivity index (χ0) is 24.7. The number of carbonyl (C=O) groups excluding carboxylic acids is 2. The highest BCUT2D eigenvalue weighted by Gasteiger charge is 2.23. The van der Waals surface area contributed by atoms with Crippen LogP contribution in [0.5, 0.6) is 0 Å². The first kappa shape index (κ1) is 25.6. The molecule has 1 aromatic heterocycles. The van der Waals surface area contributed by atoms with Crippen LogP contribution in [0.15, 0.2) is 66.9 Å². The summed E-state index contributed by atoms with van der Waals surface area (Å²) in [6, 6.07) is 19.3. The number of amides is 2. The van der Waals surface area contributed by atoms with Crippen molar-refractivity contribution in [1.82, 2.24) is 14.4 Å². The predicted molar refractivity (Wildman–Crippen MR) is 138 cm³/mol. The Morgan fingerprint density at radius 1 is 0.971 bits per heavy atom. The van der Waals surface area contributed by atoms with Gasteiger partial charge < -0.3 is 14.4 Å². The largest absolute Gasteiger partial charge is 0.345 e. The Hall–Kier alpha value is -3.05. The van der Waals surface area contributed by atoms with E-state index >= 15 is 0 Å². The van der Waals surface area contributed by atoms with E-state index in [1.807, 2.05) is 85.6 Å². The lowest BCUT2D eigenvalue weighted by molar-refractivity contribution is -0.133. The summed E-state index contributed by atoms with van der Waals surface area (Å²) in [6.45, 7) is 10.3. The Morgan fingerprint density at radius 3 is 2.32 bits per heavy atom. The van der Waals surface area contributed by atoms with E-state index < -0.39 is 0 Å². The second kappa shape index (κ2) is 11.9. The average Bonchev–Trinajstić information content (AvgIpc) is 3.24. The van der Waals surface area contributed by atoms with Gasteiger partial charge in [0.25, 0.3) is 5.91 Å². The second-order valence-electron chi connectivity index (χ2n) is 9.07. The quantitative estimate of drug-likeness (QED) is 0.377. The van der Waals surface area contributed by atoms with E-state index in [2.05, 4.69) is 18.4 Å². The Labute approximate surface area is 207 Å². The van der Waals surface area contributed by atoms with Crippen LogP contribution in [0, 0.1) is 12.8 Å². The van der Waals surface area contributed by atoms with Gasteiger partial charge in [-0.2, -0.15) is 0 Å². The van der Waals surface area contributed by atoms with Crippen LogP contribution in [0.3, 0.4) is 0 Å².